The highest BCUT2D eigenvalue weighted by Gasteiger charge is 2.29. The summed E-state index contributed by atoms with van der Waals surface area (Å²) in [5, 5.41) is 9.42. The van der Waals surface area contributed by atoms with Crippen LogP contribution in [0.25, 0.3) is 0 Å². The average molecular weight is 337 g/mol. The first-order chi connectivity index (χ1) is 10.9. The first-order valence-electron chi connectivity index (χ1n) is 8.61. The second-order valence-electron chi connectivity index (χ2n) is 7.78. The Bertz CT molecular complexity index is 469. The van der Waals surface area contributed by atoms with Crippen LogP contribution in [0.15, 0.2) is 29.2 Å². The predicted molar refractivity (Wildman–Crippen MR) is 100 cm³/mol. The van der Waals surface area contributed by atoms with Crippen molar-refractivity contribution in [2.75, 3.05) is 39.0 Å². The zero-order valence-electron chi connectivity index (χ0n) is 15.1. The lowest BCUT2D eigenvalue weighted by molar-refractivity contribution is 0.0340. The first kappa shape index (κ1) is 18.8. The smallest absolute Gasteiger partial charge is 0.0446 e. The highest BCUT2D eigenvalue weighted by atomic mass is 32.2. The highest BCUT2D eigenvalue weighted by molar-refractivity contribution is 7.98. The Morgan fingerprint density at radius 3 is 2.43 bits per heavy atom. The van der Waals surface area contributed by atoms with Gasteiger partial charge in [0.1, 0.15) is 0 Å². The summed E-state index contributed by atoms with van der Waals surface area (Å²) in [6.07, 6.45) is 2.99. The molecule has 0 aliphatic carbocycles. The summed E-state index contributed by atoms with van der Waals surface area (Å²) in [7, 11) is 0. The molecule has 23 heavy (non-hydrogen) atoms. The molecule has 0 aromatic heterocycles. The molecular formula is C19H32N2OS. The monoisotopic (exact) mass is 336 g/mol. The van der Waals surface area contributed by atoms with Gasteiger partial charge in [-0.2, -0.15) is 0 Å². The first-order valence-corrected chi connectivity index (χ1v) is 9.84. The molecule has 0 amide bonds. The second kappa shape index (κ2) is 8.52. The molecule has 1 saturated heterocycles. The number of aliphatic hydroxyl groups excluding tert-OH is 1. The fraction of sp³-hybridized carbons (Fsp3) is 0.684. The van der Waals surface area contributed by atoms with Gasteiger partial charge in [0.2, 0.25) is 0 Å². The minimum atomic E-state index is 0.279. The van der Waals surface area contributed by atoms with Crippen LogP contribution in [0.5, 0.6) is 0 Å². The minimum Gasteiger partial charge on any atom is -0.396 e. The molecule has 3 nitrogen and oxygen atoms in total. The fourth-order valence-corrected chi connectivity index (χ4v) is 3.74. The summed E-state index contributed by atoms with van der Waals surface area (Å²) in [5.41, 5.74) is 1.69. The molecule has 1 fully saturated rings. The van der Waals surface area contributed by atoms with Crippen LogP contribution in [0, 0.1) is 5.41 Å². The Hall–Kier alpha value is -0.550. The summed E-state index contributed by atoms with van der Waals surface area (Å²) >= 11 is 1.79. The van der Waals surface area contributed by atoms with Crippen molar-refractivity contribution in [2.45, 2.75) is 44.7 Å². The van der Waals surface area contributed by atoms with Crippen LogP contribution in [0.2, 0.25) is 0 Å². The van der Waals surface area contributed by atoms with Crippen LogP contribution in [-0.4, -0.2) is 60.0 Å². The van der Waals surface area contributed by atoms with Gasteiger partial charge in [0.25, 0.3) is 0 Å². The molecule has 0 spiro atoms. The van der Waals surface area contributed by atoms with Crippen LogP contribution in [0.3, 0.4) is 0 Å². The van der Waals surface area contributed by atoms with Crippen molar-refractivity contribution in [1.82, 2.24) is 9.80 Å². The normalized spacial score (nSPS) is 20.8. The average Bonchev–Trinajstić information content (AvgIpc) is 2.50. The second-order valence-corrected chi connectivity index (χ2v) is 8.66. The summed E-state index contributed by atoms with van der Waals surface area (Å²) < 4.78 is 0. The molecule has 1 heterocycles. The molecule has 1 aromatic carbocycles. The Balaban J connectivity index is 1.94. The van der Waals surface area contributed by atoms with Gasteiger partial charge in [0, 0.05) is 50.3 Å². The summed E-state index contributed by atoms with van der Waals surface area (Å²) in [5.74, 6) is 0. The molecule has 130 valence electrons. The van der Waals surface area contributed by atoms with E-state index in [0.717, 1.165) is 39.1 Å². The summed E-state index contributed by atoms with van der Waals surface area (Å²) in [4.78, 5) is 6.43. The summed E-state index contributed by atoms with van der Waals surface area (Å²) in [6, 6.07) is 9.38. The Morgan fingerprint density at radius 2 is 1.87 bits per heavy atom. The maximum atomic E-state index is 9.42. The van der Waals surface area contributed by atoms with E-state index in [-0.39, 0.29) is 6.61 Å². The minimum absolute atomic E-state index is 0.279. The third-order valence-electron chi connectivity index (χ3n) is 4.39. The molecule has 0 unspecified atom stereocenters. The SMILES string of the molecule is CSc1ccc(CN2CCN(CC(C)(C)C)[C@@H](CCO)C2)cc1. The summed E-state index contributed by atoms with van der Waals surface area (Å²) in [6.45, 7) is 12.6. The lowest BCUT2D eigenvalue weighted by Gasteiger charge is -2.44. The lowest BCUT2D eigenvalue weighted by atomic mass is 9.94. The van der Waals surface area contributed by atoms with Gasteiger partial charge in [-0.05, 0) is 35.8 Å². The van der Waals surface area contributed by atoms with Crippen molar-refractivity contribution in [2.24, 2.45) is 5.41 Å². The Morgan fingerprint density at radius 1 is 1.17 bits per heavy atom. The van der Waals surface area contributed by atoms with Crippen molar-refractivity contribution >= 4 is 11.8 Å². The molecule has 0 bridgehead atoms. The van der Waals surface area contributed by atoms with Gasteiger partial charge in [-0.15, -0.1) is 11.8 Å². The fourth-order valence-electron chi connectivity index (χ4n) is 3.33. The van der Waals surface area contributed by atoms with Crippen molar-refractivity contribution in [3.8, 4) is 0 Å². The molecule has 2 rings (SSSR count). The molecule has 4 heteroatoms. The van der Waals surface area contributed by atoms with Crippen LogP contribution < -0.4 is 0 Å². The standard InChI is InChI=1S/C19H32N2OS/c1-19(2,3)15-21-11-10-20(14-17(21)9-12-22)13-16-5-7-18(23-4)8-6-16/h5-8,17,22H,9-15H2,1-4H3/t17-/m0/s1. The number of benzene rings is 1. The van der Waals surface area contributed by atoms with Crippen LogP contribution >= 0.6 is 11.8 Å². The van der Waals surface area contributed by atoms with Gasteiger partial charge < -0.3 is 5.11 Å². The van der Waals surface area contributed by atoms with Crippen molar-refractivity contribution in [3.05, 3.63) is 29.8 Å². The van der Waals surface area contributed by atoms with E-state index in [1.165, 1.54) is 10.5 Å². The van der Waals surface area contributed by atoms with E-state index < -0.39 is 0 Å². The van der Waals surface area contributed by atoms with E-state index in [9.17, 15) is 5.11 Å². The number of rotatable bonds is 6. The van der Waals surface area contributed by atoms with Gasteiger partial charge in [-0.1, -0.05) is 32.9 Å². The van der Waals surface area contributed by atoms with Crippen molar-refractivity contribution in [3.63, 3.8) is 0 Å². The van der Waals surface area contributed by atoms with E-state index in [2.05, 4.69) is 61.1 Å². The molecule has 0 radical (unpaired) electrons. The molecular weight excluding hydrogens is 304 g/mol. The number of piperazine rings is 1. The molecule has 1 N–H and O–H groups in total. The third-order valence-corrected chi connectivity index (χ3v) is 5.14. The third kappa shape index (κ3) is 6.11. The molecule has 0 saturated carbocycles. The number of thioether (sulfide) groups is 1. The highest BCUT2D eigenvalue weighted by Crippen LogP contribution is 2.22. The van der Waals surface area contributed by atoms with Gasteiger partial charge in [0.05, 0.1) is 0 Å². The van der Waals surface area contributed by atoms with E-state index >= 15 is 0 Å². The number of nitrogens with zero attached hydrogens (tertiary/aromatic N) is 2. The Kier molecular flexibility index (Phi) is 6.96. The van der Waals surface area contributed by atoms with E-state index in [4.69, 9.17) is 0 Å². The largest absolute Gasteiger partial charge is 0.396 e. The Labute approximate surface area is 146 Å². The molecule has 1 aliphatic heterocycles. The van der Waals surface area contributed by atoms with Gasteiger partial charge in [-0.3, -0.25) is 9.80 Å². The molecule has 1 aromatic rings. The zero-order chi connectivity index (χ0) is 16.9. The van der Waals surface area contributed by atoms with Crippen LogP contribution in [0.4, 0.5) is 0 Å². The predicted octanol–water partition coefficient (Wildman–Crippen LogP) is 3.32. The molecule has 1 aliphatic rings. The number of hydrogen-bond acceptors (Lipinski definition) is 4. The van der Waals surface area contributed by atoms with E-state index in [1.54, 1.807) is 11.8 Å². The molecule has 1 atom stereocenters. The number of aliphatic hydroxyl groups is 1. The zero-order valence-corrected chi connectivity index (χ0v) is 15.9. The van der Waals surface area contributed by atoms with Gasteiger partial charge in [-0.25, -0.2) is 0 Å². The maximum Gasteiger partial charge on any atom is 0.0446 e. The van der Waals surface area contributed by atoms with Crippen molar-refractivity contribution < 1.29 is 5.11 Å². The maximum absolute atomic E-state index is 9.42. The van der Waals surface area contributed by atoms with Crippen molar-refractivity contribution in [1.29, 1.82) is 0 Å². The topological polar surface area (TPSA) is 26.7 Å². The van der Waals surface area contributed by atoms with Gasteiger partial charge in [0.15, 0.2) is 0 Å². The van der Waals surface area contributed by atoms with Gasteiger partial charge >= 0.3 is 0 Å². The van der Waals surface area contributed by atoms with E-state index in [0.29, 0.717) is 11.5 Å². The quantitative estimate of drug-likeness (QED) is 0.806. The number of hydrogen-bond donors (Lipinski definition) is 1. The van der Waals surface area contributed by atoms with E-state index in [1.807, 2.05) is 0 Å². The lowest BCUT2D eigenvalue weighted by Crippen LogP contribution is -2.54. The van der Waals surface area contributed by atoms with Crippen LogP contribution in [0.1, 0.15) is 32.8 Å². The van der Waals surface area contributed by atoms with Crippen LogP contribution in [-0.2, 0) is 6.54 Å².